The summed E-state index contributed by atoms with van der Waals surface area (Å²) in [6.07, 6.45) is 1.40. The van der Waals surface area contributed by atoms with E-state index < -0.39 is 0 Å². The first-order valence-corrected chi connectivity index (χ1v) is 5.72. The Hall–Kier alpha value is -1.31. The predicted molar refractivity (Wildman–Crippen MR) is 67.1 cm³/mol. The molecule has 0 fully saturated rings. The lowest BCUT2D eigenvalue weighted by Crippen LogP contribution is -2.19. The monoisotopic (exact) mass is 219 g/mol. The molecule has 1 aromatic carbocycles. The van der Waals surface area contributed by atoms with Gasteiger partial charge in [0, 0.05) is 6.42 Å². The summed E-state index contributed by atoms with van der Waals surface area (Å²) in [4.78, 5) is 11.1. The molecule has 1 unspecified atom stereocenters. The molecule has 0 aliphatic rings. The average molecular weight is 219 g/mol. The van der Waals surface area contributed by atoms with Gasteiger partial charge in [-0.25, -0.2) is 0 Å². The van der Waals surface area contributed by atoms with Crippen molar-refractivity contribution in [2.24, 2.45) is 11.1 Å². The van der Waals surface area contributed by atoms with Crippen LogP contribution in [-0.2, 0) is 4.79 Å². The first-order chi connectivity index (χ1) is 7.38. The summed E-state index contributed by atoms with van der Waals surface area (Å²) in [6, 6.07) is 10.1. The second-order valence-corrected chi connectivity index (χ2v) is 5.54. The van der Waals surface area contributed by atoms with Gasteiger partial charge in [-0.3, -0.25) is 4.79 Å². The summed E-state index contributed by atoms with van der Waals surface area (Å²) in [5.74, 6) is 0.0109. The van der Waals surface area contributed by atoms with Crippen LogP contribution in [-0.4, -0.2) is 5.91 Å². The molecule has 16 heavy (non-hydrogen) atoms. The van der Waals surface area contributed by atoms with Gasteiger partial charge in [0.2, 0.25) is 5.91 Å². The molecule has 0 heterocycles. The van der Waals surface area contributed by atoms with E-state index in [4.69, 9.17) is 5.73 Å². The van der Waals surface area contributed by atoms with Crippen LogP contribution in [0, 0.1) is 5.41 Å². The molecule has 0 bridgehead atoms. The van der Waals surface area contributed by atoms with Crippen molar-refractivity contribution in [1.29, 1.82) is 0 Å². The van der Waals surface area contributed by atoms with E-state index in [0.717, 1.165) is 6.42 Å². The largest absolute Gasteiger partial charge is 0.370 e. The van der Waals surface area contributed by atoms with E-state index in [1.165, 1.54) is 5.56 Å². The maximum absolute atomic E-state index is 11.1. The van der Waals surface area contributed by atoms with Crippen molar-refractivity contribution in [2.75, 3.05) is 0 Å². The van der Waals surface area contributed by atoms with Crippen molar-refractivity contribution in [2.45, 2.75) is 39.5 Å². The number of primary amides is 1. The van der Waals surface area contributed by atoms with Crippen molar-refractivity contribution in [1.82, 2.24) is 0 Å². The molecule has 0 radical (unpaired) electrons. The molecule has 1 atom stereocenters. The van der Waals surface area contributed by atoms with E-state index in [-0.39, 0.29) is 17.2 Å². The fourth-order valence-corrected chi connectivity index (χ4v) is 2.02. The van der Waals surface area contributed by atoms with E-state index >= 15 is 0 Å². The van der Waals surface area contributed by atoms with Gasteiger partial charge in [0.1, 0.15) is 0 Å². The van der Waals surface area contributed by atoms with Crippen molar-refractivity contribution in [3.63, 3.8) is 0 Å². The summed E-state index contributed by atoms with van der Waals surface area (Å²) < 4.78 is 0. The fourth-order valence-electron chi connectivity index (χ4n) is 2.02. The normalized spacial score (nSPS) is 13.4. The molecule has 88 valence electrons. The van der Waals surface area contributed by atoms with Crippen LogP contribution in [0.25, 0.3) is 0 Å². The SMILES string of the molecule is CC(C)(C)CC(CC(N)=O)c1ccccc1. The highest BCUT2D eigenvalue weighted by atomic mass is 16.1. The van der Waals surface area contributed by atoms with Gasteiger partial charge in [0.15, 0.2) is 0 Å². The number of hydrogen-bond donors (Lipinski definition) is 1. The topological polar surface area (TPSA) is 43.1 Å². The number of carbonyl (C=O) groups is 1. The fraction of sp³-hybridized carbons (Fsp3) is 0.500. The molecule has 2 nitrogen and oxygen atoms in total. The van der Waals surface area contributed by atoms with Gasteiger partial charge in [-0.15, -0.1) is 0 Å². The first-order valence-electron chi connectivity index (χ1n) is 5.72. The molecular weight excluding hydrogens is 198 g/mol. The maximum Gasteiger partial charge on any atom is 0.218 e. The third-order valence-electron chi connectivity index (χ3n) is 2.58. The number of carbonyl (C=O) groups excluding carboxylic acids is 1. The molecule has 1 aromatic rings. The number of rotatable bonds is 4. The highest BCUT2D eigenvalue weighted by molar-refractivity contribution is 5.74. The predicted octanol–water partition coefficient (Wildman–Crippen LogP) is 3.08. The summed E-state index contributed by atoms with van der Waals surface area (Å²) in [5.41, 5.74) is 6.72. The summed E-state index contributed by atoms with van der Waals surface area (Å²) in [6.45, 7) is 6.55. The van der Waals surface area contributed by atoms with Crippen molar-refractivity contribution >= 4 is 5.91 Å². The number of nitrogens with two attached hydrogens (primary N) is 1. The van der Waals surface area contributed by atoms with E-state index in [1.54, 1.807) is 0 Å². The highest BCUT2D eigenvalue weighted by Crippen LogP contribution is 2.33. The molecule has 0 aromatic heterocycles. The zero-order chi connectivity index (χ0) is 12.2. The third-order valence-corrected chi connectivity index (χ3v) is 2.58. The molecule has 0 saturated carbocycles. The van der Waals surface area contributed by atoms with Crippen LogP contribution in [0.15, 0.2) is 30.3 Å². The van der Waals surface area contributed by atoms with Crippen LogP contribution in [0.5, 0.6) is 0 Å². The van der Waals surface area contributed by atoms with Gasteiger partial charge in [-0.2, -0.15) is 0 Å². The number of amides is 1. The van der Waals surface area contributed by atoms with E-state index in [9.17, 15) is 4.79 Å². The highest BCUT2D eigenvalue weighted by Gasteiger charge is 2.21. The quantitative estimate of drug-likeness (QED) is 0.830. The zero-order valence-corrected chi connectivity index (χ0v) is 10.4. The van der Waals surface area contributed by atoms with E-state index in [1.807, 2.05) is 18.2 Å². The van der Waals surface area contributed by atoms with Crippen molar-refractivity contribution < 1.29 is 4.79 Å². The lowest BCUT2D eigenvalue weighted by molar-refractivity contribution is -0.118. The Morgan fingerprint density at radius 1 is 1.25 bits per heavy atom. The Labute approximate surface area is 97.9 Å². The molecule has 0 spiro atoms. The van der Waals surface area contributed by atoms with Crippen molar-refractivity contribution in [3.8, 4) is 0 Å². The Morgan fingerprint density at radius 3 is 2.25 bits per heavy atom. The van der Waals surface area contributed by atoms with Crippen LogP contribution in [0.1, 0.15) is 45.1 Å². The van der Waals surface area contributed by atoms with Gasteiger partial charge in [0.25, 0.3) is 0 Å². The van der Waals surface area contributed by atoms with Crippen LogP contribution < -0.4 is 5.73 Å². The van der Waals surface area contributed by atoms with Crippen molar-refractivity contribution in [3.05, 3.63) is 35.9 Å². The maximum atomic E-state index is 11.1. The van der Waals surface area contributed by atoms with Gasteiger partial charge in [0.05, 0.1) is 0 Å². The summed E-state index contributed by atoms with van der Waals surface area (Å²) >= 11 is 0. The summed E-state index contributed by atoms with van der Waals surface area (Å²) in [5, 5.41) is 0. The second kappa shape index (κ2) is 5.15. The molecule has 2 N–H and O–H groups in total. The third kappa shape index (κ3) is 4.47. The molecule has 1 amide bonds. The standard InChI is InChI=1S/C14H21NO/c1-14(2,3)10-12(9-13(15)16)11-7-5-4-6-8-11/h4-8,12H,9-10H2,1-3H3,(H2,15,16). The summed E-state index contributed by atoms with van der Waals surface area (Å²) in [7, 11) is 0. The van der Waals surface area contributed by atoms with Crippen LogP contribution >= 0.6 is 0 Å². The Balaban J connectivity index is 2.84. The van der Waals surface area contributed by atoms with Gasteiger partial charge in [-0.1, -0.05) is 51.1 Å². The van der Waals surface area contributed by atoms with Crippen LogP contribution in [0.4, 0.5) is 0 Å². The minimum Gasteiger partial charge on any atom is -0.370 e. The molecule has 0 saturated heterocycles. The molecule has 0 aliphatic carbocycles. The van der Waals surface area contributed by atoms with Gasteiger partial charge in [-0.05, 0) is 23.3 Å². The lowest BCUT2D eigenvalue weighted by Gasteiger charge is -2.25. The lowest BCUT2D eigenvalue weighted by atomic mass is 9.80. The second-order valence-electron chi connectivity index (χ2n) is 5.54. The van der Waals surface area contributed by atoms with Gasteiger partial charge >= 0.3 is 0 Å². The van der Waals surface area contributed by atoms with Gasteiger partial charge < -0.3 is 5.73 Å². The Bertz CT molecular complexity index is 338. The molecule has 0 aliphatic heterocycles. The minimum absolute atomic E-state index is 0.204. The molecular formula is C14H21NO. The first kappa shape index (κ1) is 12.8. The number of benzene rings is 1. The molecule has 2 heteroatoms. The Kier molecular flexibility index (Phi) is 4.11. The van der Waals surface area contributed by atoms with E-state index in [0.29, 0.717) is 6.42 Å². The Morgan fingerprint density at radius 2 is 1.81 bits per heavy atom. The van der Waals surface area contributed by atoms with Crippen LogP contribution in [0.3, 0.4) is 0 Å². The smallest absolute Gasteiger partial charge is 0.218 e. The minimum atomic E-state index is -0.224. The molecule has 1 rings (SSSR count). The zero-order valence-electron chi connectivity index (χ0n) is 10.4. The average Bonchev–Trinajstić information content (AvgIpc) is 2.15. The van der Waals surface area contributed by atoms with E-state index in [2.05, 4.69) is 32.9 Å². The number of hydrogen-bond acceptors (Lipinski definition) is 1. The van der Waals surface area contributed by atoms with Crippen LogP contribution in [0.2, 0.25) is 0 Å².